The van der Waals surface area contributed by atoms with Gasteiger partial charge in [-0.2, -0.15) is 0 Å². The summed E-state index contributed by atoms with van der Waals surface area (Å²) in [6.45, 7) is 9.57. The van der Waals surface area contributed by atoms with Gasteiger partial charge in [0.15, 0.2) is 11.5 Å². The summed E-state index contributed by atoms with van der Waals surface area (Å²) in [7, 11) is 0. The molecule has 0 saturated carbocycles. The van der Waals surface area contributed by atoms with Crippen molar-refractivity contribution < 1.29 is 14.0 Å². The summed E-state index contributed by atoms with van der Waals surface area (Å²) < 4.78 is 27.3. The Hall–Kier alpha value is -0.310. The first-order valence-corrected chi connectivity index (χ1v) is 9.64. The van der Waals surface area contributed by atoms with Crippen LogP contribution in [0.25, 0.3) is 0 Å². The Morgan fingerprint density at radius 3 is 1.64 bits per heavy atom. The molecular formula is C14H28N2O3S3. The Balaban J connectivity index is 3.75. The molecule has 0 heterocycles. The van der Waals surface area contributed by atoms with Crippen molar-refractivity contribution in [2.24, 2.45) is 11.8 Å². The van der Waals surface area contributed by atoms with Gasteiger partial charge in [-0.3, -0.25) is 0 Å². The summed E-state index contributed by atoms with van der Waals surface area (Å²) >= 11 is 8.27. The van der Waals surface area contributed by atoms with E-state index in [0.717, 1.165) is 25.7 Å². The molecule has 0 rings (SSSR count). The van der Waals surface area contributed by atoms with Crippen molar-refractivity contribution in [1.29, 1.82) is 0 Å². The zero-order valence-corrected chi connectivity index (χ0v) is 16.3. The standard InChI is InChI=1S/C14H28N2O3S3/c1-5-11(3)7-9-18-13(20)15-22(17)16-14(21)19-10-8-12(4)6-2/h11-12H,5-10H2,1-4H3,(H,15,20)(H,16,21). The zero-order valence-electron chi connectivity index (χ0n) is 13.8. The molecule has 0 radical (unpaired) electrons. The van der Waals surface area contributed by atoms with Crippen LogP contribution in [0.4, 0.5) is 0 Å². The lowest BCUT2D eigenvalue weighted by Gasteiger charge is -2.15. The highest BCUT2D eigenvalue weighted by atomic mass is 32.2. The van der Waals surface area contributed by atoms with Crippen LogP contribution in [0.3, 0.4) is 0 Å². The molecular weight excluding hydrogens is 340 g/mol. The minimum Gasteiger partial charge on any atom is -0.568 e. The smallest absolute Gasteiger partial charge is 0.301 e. The first-order chi connectivity index (χ1) is 10.4. The number of rotatable bonds is 10. The van der Waals surface area contributed by atoms with E-state index in [-0.39, 0.29) is 10.3 Å². The summed E-state index contributed by atoms with van der Waals surface area (Å²) in [5.41, 5.74) is 0. The van der Waals surface area contributed by atoms with E-state index in [4.69, 9.17) is 33.9 Å². The number of thiocarbonyl (C=S) groups is 2. The van der Waals surface area contributed by atoms with Crippen LogP contribution in [-0.2, 0) is 21.0 Å². The van der Waals surface area contributed by atoms with Crippen molar-refractivity contribution in [2.45, 2.75) is 53.4 Å². The summed E-state index contributed by atoms with van der Waals surface area (Å²) in [6.07, 6.45) is 4.02. The first-order valence-electron chi connectivity index (χ1n) is 7.67. The molecule has 0 fully saturated rings. The van der Waals surface area contributed by atoms with Crippen LogP contribution >= 0.6 is 24.4 Å². The molecule has 2 N–H and O–H groups in total. The number of nitrogens with one attached hydrogen (secondary N) is 2. The van der Waals surface area contributed by atoms with Gasteiger partial charge in [-0.05, 0) is 49.1 Å². The maximum Gasteiger partial charge on any atom is 0.301 e. The molecule has 2 atom stereocenters. The van der Waals surface area contributed by atoms with Crippen LogP contribution in [0.5, 0.6) is 0 Å². The van der Waals surface area contributed by atoms with E-state index in [1.165, 1.54) is 0 Å². The van der Waals surface area contributed by atoms with Crippen LogP contribution in [0.15, 0.2) is 0 Å². The van der Waals surface area contributed by atoms with Crippen molar-refractivity contribution >= 4 is 46.3 Å². The van der Waals surface area contributed by atoms with E-state index in [1.54, 1.807) is 0 Å². The molecule has 0 aliphatic carbocycles. The second-order valence-corrected chi connectivity index (χ2v) is 7.04. The van der Waals surface area contributed by atoms with Gasteiger partial charge in [-0.25, -0.2) is 0 Å². The minimum atomic E-state index is -1.64. The highest BCUT2D eigenvalue weighted by Gasteiger charge is 2.13. The molecule has 2 unspecified atom stereocenters. The summed E-state index contributed by atoms with van der Waals surface area (Å²) in [5, 5.41) is 0.188. The molecule has 0 aromatic heterocycles. The lowest BCUT2D eigenvalue weighted by atomic mass is 10.1. The van der Waals surface area contributed by atoms with Gasteiger partial charge in [-0.15, -0.1) is 9.44 Å². The van der Waals surface area contributed by atoms with Gasteiger partial charge in [0.05, 0.1) is 13.2 Å². The van der Waals surface area contributed by atoms with Crippen molar-refractivity contribution in [2.75, 3.05) is 13.2 Å². The third-order valence-corrected chi connectivity index (χ3v) is 4.87. The Labute approximate surface area is 148 Å². The second-order valence-electron chi connectivity index (χ2n) is 5.35. The average Bonchev–Trinajstić information content (AvgIpc) is 2.46. The predicted octanol–water partition coefficient (Wildman–Crippen LogP) is 3.22. The number of hydrogen-bond donors (Lipinski definition) is 2. The van der Waals surface area contributed by atoms with Gasteiger partial charge in [0.1, 0.15) is 0 Å². The molecule has 0 aliphatic rings. The Kier molecular flexibility index (Phi) is 13.0. The first kappa shape index (κ1) is 21.7. The molecule has 0 aromatic rings. The number of hydrogen-bond acceptors (Lipinski definition) is 5. The molecule has 0 amide bonds. The van der Waals surface area contributed by atoms with E-state index in [2.05, 4.69) is 37.1 Å². The Morgan fingerprint density at radius 2 is 1.32 bits per heavy atom. The highest BCUT2D eigenvalue weighted by Crippen LogP contribution is 2.06. The SMILES string of the molecule is CCC(C)CCOC(=S)N[S+]([O-])NC(=S)OCCC(C)CC. The summed E-state index contributed by atoms with van der Waals surface area (Å²) in [5.74, 6) is 1.16. The molecule has 0 spiro atoms. The second kappa shape index (κ2) is 13.2. The van der Waals surface area contributed by atoms with Crippen molar-refractivity contribution in [3.63, 3.8) is 0 Å². The van der Waals surface area contributed by atoms with Crippen LogP contribution < -0.4 is 9.44 Å². The summed E-state index contributed by atoms with van der Waals surface area (Å²) in [4.78, 5) is 0. The topological polar surface area (TPSA) is 65.6 Å². The maximum atomic E-state index is 11.7. The fourth-order valence-electron chi connectivity index (χ4n) is 1.35. The van der Waals surface area contributed by atoms with Gasteiger partial charge in [-0.1, -0.05) is 40.5 Å². The van der Waals surface area contributed by atoms with Crippen LogP contribution in [0, 0.1) is 11.8 Å². The van der Waals surface area contributed by atoms with Gasteiger partial charge in [0, 0.05) is 0 Å². The largest absolute Gasteiger partial charge is 0.568 e. The van der Waals surface area contributed by atoms with E-state index in [9.17, 15) is 4.55 Å². The van der Waals surface area contributed by atoms with Crippen molar-refractivity contribution in [3.05, 3.63) is 0 Å². The van der Waals surface area contributed by atoms with Gasteiger partial charge in [0.25, 0.3) is 0 Å². The third kappa shape index (κ3) is 12.3. The van der Waals surface area contributed by atoms with E-state index in [1.807, 2.05) is 0 Å². The fourth-order valence-corrected chi connectivity index (χ4v) is 2.44. The number of ether oxygens (including phenoxy) is 2. The van der Waals surface area contributed by atoms with Crippen molar-refractivity contribution in [1.82, 2.24) is 9.44 Å². The third-order valence-electron chi connectivity index (χ3n) is 3.43. The minimum absolute atomic E-state index is 0.0940. The molecule has 0 bridgehead atoms. The Bertz CT molecular complexity index is 302. The predicted molar refractivity (Wildman–Crippen MR) is 99.7 cm³/mol. The van der Waals surface area contributed by atoms with Gasteiger partial charge >= 0.3 is 10.3 Å². The van der Waals surface area contributed by atoms with Crippen LogP contribution in [-0.4, -0.2) is 28.1 Å². The quantitative estimate of drug-likeness (QED) is 0.453. The molecule has 0 aliphatic heterocycles. The normalized spacial score (nSPS) is 14.6. The van der Waals surface area contributed by atoms with Crippen LogP contribution in [0.1, 0.15) is 53.4 Å². The van der Waals surface area contributed by atoms with E-state index < -0.39 is 11.5 Å². The monoisotopic (exact) mass is 368 g/mol. The zero-order chi connectivity index (χ0) is 17.0. The lowest BCUT2D eigenvalue weighted by Crippen LogP contribution is -2.43. The maximum absolute atomic E-state index is 11.7. The highest BCUT2D eigenvalue weighted by molar-refractivity contribution is 7.92. The molecule has 22 heavy (non-hydrogen) atoms. The molecule has 0 aromatic carbocycles. The fraction of sp³-hybridized carbons (Fsp3) is 0.857. The van der Waals surface area contributed by atoms with Gasteiger partial charge in [0.2, 0.25) is 0 Å². The van der Waals surface area contributed by atoms with Gasteiger partial charge < -0.3 is 14.0 Å². The van der Waals surface area contributed by atoms with E-state index >= 15 is 0 Å². The average molecular weight is 369 g/mol. The van der Waals surface area contributed by atoms with E-state index in [0.29, 0.717) is 25.0 Å². The Morgan fingerprint density at radius 1 is 0.955 bits per heavy atom. The van der Waals surface area contributed by atoms with Crippen LogP contribution in [0.2, 0.25) is 0 Å². The molecule has 130 valence electrons. The molecule has 0 saturated heterocycles. The summed E-state index contributed by atoms with van der Waals surface area (Å²) in [6, 6.07) is 0. The molecule has 5 nitrogen and oxygen atoms in total. The molecule has 8 heteroatoms. The van der Waals surface area contributed by atoms with Crippen molar-refractivity contribution in [3.8, 4) is 0 Å². The lowest BCUT2D eigenvalue weighted by molar-refractivity contribution is 0.268.